The zero-order valence-corrected chi connectivity index (χ0v) is 14.1. The van der Waals surface area contributed by atoms with Crippen LogP contribution in [-0.2, 0) is 11.2 Å². The minimum absolute atomic E-state index is 0.0459. The van der Waals surface area contributed by atoms with Gasteiger partial charge in [0.25, 0.3) is 0 Å². The number of likely N-dealkylation sites (tertiary alicyclic amines) is 1. The Morgan fingerprint density at radius 3 is 2.65 bits per heavy atom. The lowest BCUT2D eigenvalue weighted by atomic mass is 9.97. The van der Waals surface area contributed by atoms with Crippen molar-refractivity contribution < 1.29 is 19.1 Å². The highest BCUT2D eigenvalue weighted by Gasteiger charge is 2.34. The van der Waals surface area contributed by atoms with Gasteiger partial charge in [-0.25, -0.2) is 13.9 Å². The molecule has 26 heavy (non-hydrogen) atoms. The van der Waals surface area contributed by atoms with E-state index in [1.165, 1.54) is 18.3 Å². The van der Waals surface area contributed by atoms with E-state index in [9.17, 15) is 14.0 Å². The first-order chi connectivity index (χ1) is 12.5. The average molecular weight is 358 g/mol. The second kappa shape index (κ2) is 6.51. The Hall–Kier alpha value is -2.77. The van der Waals surface area contributed by atoms with Crippen LogP contribution in [0, 0.1) is 5.82 Å². The summed E-state index contributed by atoms with van der Waals surface area (Å²) >= 11 is 0. The molecule has 1 unspecified atom stereocenters. The van der Waals surface area contributed by atoms with E-state index < -0.39 is 5.97 Å². The van der Waals surface area contributed by atoms with Gasteiger partial charge >= 0.3 is 5.97 Å². The summed E-state index contributed by atoms with van der Waals surface area (Å²) in [6.07, 6.45) is 4.31. The number of carboxylic acids is 1. The number of rotatable bonds is 3. The van der Waals surface area contributed by atoms with Crippen molar-refractivity contribution in [2.45, 2.75) is 37.6 Å². The number of carboxylic acid groups (broad SMARTS) is 1. The SMILES string of the molecule is O=C(O)c1cn(C2CCN(C(=O)C3CCc4cc(F)ccc43)CC2)nn1. The molecule has 136 valence electrons. The number of hydrogen-bond acceptors (Lipinski definition) is 4. The van der Waals surface area contributed by atoms with Crippen LogP contribution in [0.15, 0.2) is 24.4 Å². The average Bonchev–Trinajstić information content (AvgIpc) is 3.28. The van der Waals surface area contributed by atoms with Gasteiger partial charge in [-0.05, 0) is 48.9 Å². The van der Waals surface area contributed by atoms with Crippen LogP contribution in [0.2, 0.25) is 0 Å². The maximum atomic E-state index is 13.4. The molecule has 7 nitrogen and oxygen atoms in total. The van der Waals surface area contributed by atoms with E-state index in [-0.39, 0.29) is 29.4 Å². The van der Waals surface area contributed by atoms with Crippen LogP contribution in [0.3, 0.4) is 0 Å². The highest BCUT2D eigenvalue weighted by atomic mass is 19.1. The molecule has 1 fully saturated rings. The number of piperidine rings is 1. The number of aromatic nitrogens is 3. The molecular formula is C18H19FN4O3. The van der Waals surface area contributed by atoms with Crippen LogP contribution in [0.4, 0.5) is 4.39 Å². The minimum Gasteiger partial charge on any atom is -0.476 e. The summed E-state index contributed by atoms with van der Waals surface area (Å²) in [6.45, 7) is 1.19. The highest BCUT2D eigenvalue weighted by molar-refractivity contribution is 5.85. The fourth-order valence-corrected chi connectivity index (χ4v) is 3.97. The molecular weight excluding hydrogens is 339 g/mol. The Labute approximate surface area is 149 Å². The fraction of sp³-hybridized carbons (Fsp3) is 0.444. The Kier molecular flexibility index (Phi) is 4.18. The number of benzene rings is 1. The lowest BCUT2D eigenvalue weighted by Gasteiger charge is -2.33. The van der Waals surface area contributed by atoms with Gasteiger partial charge in [0.15, 0.2) is 5.69 Å². The Morgan fingerprint density at radius 2 is 1.96 bits per heavy atom. The van der Waals surface area contributed by atoms with Crippen LogP contribution in [-0.4, -0.2) is 50.0 Å². The molecule has 1 aliphatic carbocycles. The molecule has 8 heteroatoms. The summed E-state index contributed by atoms with van der Waals surface area (Å²) in [7, 11) is 0. The van der Waals surface area contributed by atoms with Crippen molar-refractivity contribution in [3.05, 3.63) is 47.0 Å². The van der Waals surface area contributed by atoms with Crippen LogP contribution in [0.25, 0.3) is 0 Å². The molecule has 0 bridgehead atoms. The number of hydrogen-bond donors (Lipinski definition) is 1. The second-order valence-corrected chi connectivity index (χ2v) is 6.88. The van der Waals surface area contributed by atoms with Gasteiger partial charge in [0.2, 0.25) is 5.91 Å². The molecule has 2 heterocycles. The van der Waals surface area contributed by atoms with Crippen molar-refractivity contribution in [2.24, 2.45) is 0 Å². The number of carbonyl (C=O) groups is 2. The van der Waals surface area contributed by atoms with Crippen LogP contribution in [0.1, 0.15) is 52.8 Å². The Bertz CT molecular complexity index is 858. The summed E-state index contributed by atoms with van der Waals surface area (Å²) in [5.41, 5.74) is 1.81. The molecule has 4 rings (SSSR count). The molecule has 1 aromatic carbocycles. The van der Waals surface area contributed by atoms with Gasteiger partial charge in [0.05, 0.1) is 18.2 Å². The quantitative estimate of drug-likeness (QED) is 0.907. The Morgan fingerprint density at radius 1 is 1.19 bits per heavy atom. The molecule has 0 saturated carbocycles. The van der Waals surface area contributed by atoms with Gasteiger partial charge in [-0.15, -0.1) is 5.10 Å². The number of halogens is 1. The molecule has 1 aliphatic heterocycles. The summed E-state index contributed by atoms with van der Waals surface area (Å²) in [4.78, 5) is 25.7. The smallest absolute Gasteiger partial charge is 0.358 e. The molecule has 0 spiro atoms. The third-order valence-electron chi connectivity index (χ3n) is 5.36. The number of fused-ring (bicyclic) bond motifs is 1. The van der Waals surface area contributed by atoms with E-state index in [1.807, 2.05) is 4.90 Å². The fourth-order valence-electron chi connectivity index (χ4n) is 3.97. The van der Waals surface area contributed by atoms with E-state index in [4.69, 9.17) is 5.11 Å². The summed E-state index contributed by atoms with van der Waals surface area (Å²) in [5, 5.41) is 16.5. The largest absolute Gasteiger partial charge is 0.476 e. The minimum atomic E-state index is -1.10. The number of aryl methyl sites for hydroxylation is 1. The van der Waals surface area contributed by atoms with Gasteiger partial charge in [-0.1, -0.05) is 11.3 Å². The van der Waals surface area contributed by atoms with Gasteiger partial charge in [0, 0.05) is 13.1 Å². The van der Waals surface area contributed by atoms with Crippen LogP contribution in [0.5, 0.6) is 0 Å². The van der Waals surface area contributed by atoms with Gasteiger partial charge < -0.3 is 10.0 Å². The van der Waals surface area contributed by atoms with Gasteiger partial charge in [-0.2, -0.15) is 0 Å². The van der Waals surface area contributed by atoms with Crippen molar-refractivity contribution in [3.8, 4) is 0 Å². The lowest BCUT2D eigenvalue weighted by Crippen LogP contribution is -2.41. The predicted octanol–water partition coefficient (Wildman–Crippen LogP) is 2.01. The molecule has 1 saturated heterocycles. The molecule has 1 amide bonds. The molecule has 1 N–H and O–H groups in total. The first kappa shape index (κ1) is 16.7. The topological polar surface area (TPSA) is 88.3 Å². The van der Waals surface area contributed by atoms with Crippen molar-refractivity contribution in [1.82, 2.24) is 19.9 Å². The van der Waals surface area contributed by atoms with E-state index >= 15 is 0 Å². The van der Waals surface area contributed by atoms with Crippen molar-refractivity contribution >= 4 is 11.9 Å². The maximum absolute atomic E-state index is 13.4. The number of aromatic carboxylic acids is 1. The van der Waals surface area contributed by atoms with E-state index in [0.29, 0.717) is 25.9 Å². The van der Waals surface area contributed by atoms with Gasteiger partial charge in [0.1, 0.15) is 5.82 Å². The van der Waals surface area contributed by atoms with Crippen LogP contribution < -0.4 is 0 Å². The standard InChI is InChI=1S/C18H19FN4O3/c19-12-2-4-14-11(9-12)1-3-15(14)17(24)22-7-5-13(6-8-22)23-10-16(18(25)26)20-21-23/h2,4,9-10,13,15H,1,3,5-8H2,(H,25,26). The zero-order chi connectivity index (χ0) is 18.3. The van der Waals surface area contributed by atoms with E-state index in [2.05, 4.69) is 10.3 Å². The number of nitrogens with zero attached hydrogens (tertiary/aromatic N) is 4. The number of amides is 1. The summed E-state index contributed by atoms with van der Waals surface area (Å²) in [6, 6.07) is 4.72. The molecule has 2 aliphatic rings. The highest BCUT2D eigenvalue weighted by Crippen LogP contribution is 2.36. The zero-order valence-electron chi connectivity index (χ0n) is 14.1. The first-order valence-corrected chi connectivity index (χ1v) is 8.75. The van der Waals surface area contributed by atoms with Crippen molar-refractivity contribution in [3.63, 3.8) is 0 Å². The first-order valence-electron chi connectivity index (χ1n) is 8.75. The monoisotopic (exact) mass is 358 g/mol. The van der Waals surface area contributed by atoms with Crippen molar-refractivity contribution in [2.75, 3.05) is 13.1 Å². The normalized spacial score (nSPS) is 20.2. The molecule has 1 atom stereocenters. The van der Waals surface area contributed by atoms with E-state index in [0.717, 1.165) is 24.0 Å². The van der Waals surface area contributed by atoms with Gasteiger partial charge in [-0.3, -0.25) is 4.79 Å². The lowest BCUT2D eigenvalue weighted by molar-refractivity contribution is -0.134. The molecule has 2 aromatic rings. The molecule has 1 aromatic heterocycles. The van der Waals surface area contributed by atoms with Crippen LogP contribution >= 0.6 is 0 Å². The third-order valence-corrected chi connectivity index (χ3v) is 5.36. The third kappa shape index (κ3) is 2.95. The Balaban J connectivity index is 1.41. The predicted molar refractivity (Wildman–Crippen MR) is 89.3 cm³/mol. The van der Waals surface area contributed by atoms with Crippen molar-refractivity contribution in [1.29, 1.82) is 0 Å². The summed E-state index contributed by atoms with van der Waals surface area (Å²) in [5.74, 6) is -1.45. The second-order valence-electron chi connectivity index (χ2n) is 6.88. The molecule has 0 radical (unpaired) electrons. The van der Waals surface area contributed by atoms with E-state index in [1.54, 1.807) is 10.7 Å². The maximum Gasteiger partial charge on any atom is 0.358 e. The summed E-state index contributed by atoms with van der Waals surface area (Å²) < 4.78 is 14.9. The number of carbonyl (C=O) groups excluding carboxylic acids is 1.